The molecule has 0 radical (unpaired) electrons. The van der Waals surface area contributed by atoms with Crippen molar-refractivity contribution < 1.29 is 9.90 Å². The minimum Gasteiger partial charge on any atom is -0.480 e. The van der Waals surface area contributed by atoms with Crippen molar-refractivity contribution in [3.8, 4) is 0 Å². The van der Waals surface area contributed by atoms with Crippen LogP contribution in [0, 0.1) is 0 Å². The van der Waals surface area contributed by atoms with E-state index in [1.807, 2.05) is 4.90 Å². The summed E-state index contributed by atoms with van der Waals surface area (Å²) in [5.74, 6) is -0.158. The zero-order valence-corrected chi connectivity index (χ0v) is 13.1. The summed E-state index contributed by atoms with van der Waals surface area (Å²) in [6.45, 7) is 9.25. The van der Waals surface area contributed by atoms with E-state index < -0.39 is 5.97 Å². The van der Waals surface area contributed by atoms with Crippen LogP contribution in [0.1, 0.15) is 37.3 Å². The molecule has 0 amide bonds. The molecule has 4 nitrogen and oxygen atoms in total. The molecule has 0 unspecified atom stereocenters. The van der Waals surface area contributed by atoms with Gasteiger partial charge < -0.3 is 5.11 Å². The predicted molar refractivity (Wildman–Crippen MR) is 84.5 cm³/mol. The predicted octanol–water partition coefficient (Wildman–Crippen LogP) is 2.40. The molecule has 1 N–H and O–H groups in total. The highest BCUT2D eigenvalue weighted by atomic mass is 16.4. The van der Waals surface area contributed by atoms with Gasteiger partial charge in [0.15, 0.2) is 0 Å². The second kappa shape index (κ2) is 7.57. The van der Waals surface area contributed by atoms with E-state index in [2.05, 4.69) is 43.0 Å². The molecule has 1 heterocycles. The Morgan fingerprint density at radius 1 is 1.10 bits per heavy atom. The summed E-state index contributed by atoms with van der Waals surface area (Å²) in [6.07, 6.45) is 1.04. The minimum absolute atomic E-state index is 0.164. The van der Waals surface area contributed by atoms with Gasteiger partial charge in [0.1, 0.15) is 0 Å². The quantitative estimate of drug-likeness (QED) is 0.904. The number of benzene rings is 1. The first-order valence-corrected chi connectivity index (χ1v) is 7.80. The Labute approximate surface area is 127 Å². The molecule has 0 aromatic heterocycles. The van der Waals surface area contributed by atoms with Crippen molar-refractivity contribution in [3.63, 3.8) is 0 Å². The third kappa shape index (κ3) is 5.14. The lowest BCUT2D eigenvalue weighted by molar-refractivity contribution is -0.138. The molecule has 0 saturated carbocycles. The molecule has 0 spiro atoms. The van der Waals surface area contributed by atoms with E-state index >= 15 is 0 Å². The number of rotatable bonds is 5. The zero-order valence-electron chi connectivity index (χ0n) is 13.1. The van der Waals surface area contributed by atoms with Crippen molar-refractivity contribution >= 4 is 5.97 Å². The van der Waals surface area contributed by atoms with Crippen LogP contribution >= 0.6 is 0 Å². The van der Waals surface area contributed by atoms with Crippen LogP contribution in [-0.4, -0.2) is 53.6 Å². The lowest BCUT2D eigenvalue weighted by Gasteiger charge is -2.21. The largest absolute Gasteiger partial charge is 0.480 e. The molecule has 116 valence electrons. The van der Waals surface area contributed by atoms with Gasteiger partial charge in [0.2, 0.25) is 0 Å². The van der Waals surface area contributed by atoms with Crippen molar-refractivity contribution in [1.82, 2.24) is 9.80 Å². The molecule has 0 atom stereocenters. The molecule has 4 heteroatoms. The summed E-state index contributed by atoms with van der Waals surface area (Å²) in [4.78, 5) is 15.2. The van der Waals surface area contributed by atoms with Crippen LogP contribution in [0.25, 0.3) is 0 Å². The van der Waals surface area contributed by atoms with Gasteiger partial charge in [-0.25, -0.2) is 0 Å². The molecular formula is C17H26N2O2. The average molecular weight is 290 g/mol. The molecule has 1 aromatic carbocycles. The normalized spacial score (nSPS) is 17.9. The Morgan fingerprint density at radius 2 is 1.71 bits per heavy atom. The first-order valence-electron chi connectivity index (χ1n) is 7.80. The molecule has 1 aromatic rings. The van der Waals surface area contributed by atoms with Gasteiger partial charge in [-0.05, 0) is 30.0 Å². The summed E-state index contributed by atoms with van der Waals surface area (Å²) in [7, 11) is 0. The van der Waals surface area contributed by atoms with E-state index in [9.17, 15) is 4.79 Å². The van der Waals surface area contributed by atoms with Gasteiger partial charge in [0.25, 0.3) is 0 Å². The van der Waals surface area contributed by atoms with Gasteiger partial charge >= 0.3 is 5.97 Å². The van der Waals surface area contributed by atoms with Crippen molar-refractivity contribution in [3.05, 3.63) is 35.4 Å². The summed E-state index contributed by atoms with van der Waals surface area (Å²) >= 11 is 0. The van der Waals surface area contributed by atoms with Crippen molar-refractivity contribution in [1.29, 1.82) is 0 Å². The van der Waals surface area contributed by atoms with Crippen LogP contribution in [0.3, 0.4) is 0 Å². The Morgan fingerprint density at radius 3 is 2.33 bits per heavy atom. The minimum atomic E-state index is -0.729. The Kier molecular flexibility index (Phi) is 5.76. The van der Waals surface area contributed by atoms with Crippen molar-refractivity contribution in [2.45, 2.75) is 32.7 Å². The Hall–Kier alpha value is -1.39. The third-order valence-electron chi connectivity index (χ3n) is 4.09. The van der Waals surface area contributed by atoms with Gasteiger partial charge in [-0.2, -0.15) is 0 Å². The van der Waals surface area contributed by atoms with Crippen LogP contribution in [0.4, 0.5) is 0 Å². The number of hydrogen-bond donors (Lipinski definition) is 1. The smallest absolute Gasteiger partial charge is 0.317 e. The third-order valence-corrected chi connectivity index (χ3v) is 4.09. The highest BCUT2D eigenvalue weighted by Gasteiger charge is 2.16. The molecule has 21 heavy (non-hydrogen) atoms. The van der Waals surface area contributed by atoms with E-state index in [1.54, 1.807) is 0 Å². The highest BCUT2D eigenvalue weighted by molar-refractivity contribution is 5.69. The van der Waals surface area contributed by atoms with Gasteiger partial charge in [0.05, 0.1) is 6.54 Å². The van der Waals surface area contributed by atoms with Crippen molar-refractivity contribution in [2.24, 2.45) is 0 Å². The Bertz CT molecular complexity index is 456. The van der Waals surface area contributed by atoms with E-state index in [-0.39, 0.29) is 6.54 Å². The fourth-order valence-electron chi connectivity index (χ4n) is 2.80. The summed E-state index contributed by atoms with van der Waals surface area (Å²) in [5.41, 5.74) is 2.72. The lowest BCUT2D eigenvalue weighted by atomic mass is 10.0. The maximum absolute atomic E-state index is 10.8. The first kappa shape index (κ1) is 16.0. The standard InChI is InChI=1S/C17H26N2O2/c1-14(2)16-6-4-15(5-7-16)12-18-8-3-9-19(11-10-18)13-17(20)21/h4-7,14H,3,8-13H2,1-2H3,(H,20,21). The van der Waals surface area contributed by atoms with E-state index in [0.717, 1.165) is 39.1 Å². The zero-order chi connectivity index (χ0) is 15.2. The topological polar surface area (TPSA) is 43.8 Å². The molecule has 1 aliphatic heterocycles. The second-order valence-electron chi connectivity index (χ2n) is 6.20. The molecule has 0 bridgehead atoms. The second-order valence-corrected chi connectivity index (χ2v) is 6.20. The van der Waals surface area contributed by atoms with E-state index in [1.165, 1.54) is 11.1 Å². The van der Waals surface area contributed by atoms with Crippen LogP contribution < -0.4 is 0 Å². The van der Waals surface area contributed by atoms with Crippen LogP contribution in [0.15, 0.2) is 24.3 Å². The molecular weight excluding hydrogens is 264 g/mol. The molecule has 1 saturated heterocycles. The average Bonchev–Trinajstić information content (AvgIpc) is 2.64. The summed E-state index contributed by atoms with van der Waals surface area (Å²) in [6, 6.07) is 8.87. The SMILES string of the molecule is CC(C)c1ccc(CN2CCCN(CC(=O)O)CC2)cc1. The van der Waals surface area contributed by atoms with E-state index in [0.29, 0.717) is 5.92 Å². The van der Waals surface area contributed by atoms with Gasteiger partial charge in [-0.3, -0.25) is 14.6 Å². The Balaban J connectivity index is 1.87. The van der Waals surface area contributed by atoms with Crippen LogP contribution in [0.2, 0.25) is 0 Å². The number of carbonyl (C=O) groups is 1. The number of nitrogens with zero attached hydrogens (tertiary/aromatic N) is 2. The molecule has 1 aliphatic rings. The maximum Gasteiger partial charge on any atom is 0.317 e. The van der Waals surface area contributed by atoms with Crippen LogP contribution in [-0.2, 0) is 11.3 Å². The van der Waals surface area contributed by atoms with Gasteiger partial charge in [0, 0.05) is 26.2 Å². The molecule has 1 fully saturated rings. The van der Waals surface area contributed by atoms with Crippen LogP contribution in [0.5, 0.6) is 0 Å². The fraction of sp³-hybridized carbons (Fsp3) is 0.588. The number of carboxylic acid groups (broad SMARTS) is 1. The fourth-order valence-corrected chi connectivity index (χ4v) is 2.80. The van der Waals surface area contributed by atoms with Gasteiger partial charge in [-0.1, -0.05) is 38.1 Å². The van der Waals surface area contributed by atoms with Gasteiger partial charge in [-0.15, -0.1) is 0 Å². The monoisotopic (exact) mass is 290 g/mol. The number of hydrogen-bond acceptors (Lipinski definition) is 3. The summed E-state index contributed by atoms with van der Waals surface area (Å²) in [5, 5.41) is 8.87. The number of carboxylic acids is 1. The number of aliphatic carboxylic acids is 1. The van der Waals surface area contributed by atoms with E-state index in [4.69, 9.17) is 5.11 Å². The first-order chi connectivity index (χ1) is 10.0. The lowest BCUT2D eigenvalue weighted by Crippen LogP contribution is -2.34. The summed E-state index contributed by atoms with van der Waals surface area (Å²) < 4.78 is 0. The molecule has 2 rings (SSSR count). The maximum atomic E-state index is 10.8. The molecule has 0 aliphatic carbocycles. The van der Waals surface area contributed by atoms with Crippen molar-refractivity contribution in [2.75, 3.05) is 32.7 Å². The highest BCUT2D eigenvalue weighted by Crippen LogP contribution is 2.16.